The minimum atomic E-state index is -0.111. The molecule has 2 heterocycles. The highest BCUT2D eigenvalue weighted by molar-refractivity contribution is 5.92. The first kappa shape index (κ1) is 18.6. The SMILES string of the molecule is Cc1cccc(C(=O)N(C)Cc2cn(-c3ccccc3)nc2-c2ccccc2)n1. The third-order valence-corrected chi connectivity index (χ3v) is 4.72. The van der Waals surface area contributed by atoms with Crippen molar-refractivity contribution in [2.45, 2.75) is 13.5 Å². The number of hydrogen-bond acceptors (Lipinski definition) is 3. The van der Waals surface area contributed by atoms with Crippen LogP contribution in [0.5, 0.6) is 0 Å². The number of nitrogens with zero attached hydrogens (tertiary/aromatic N) is 4. The van der Waals surface area contributed by atoms with Gasteiger partial charge >= 0.3 is 0 Å². The van der Waals surface area contributed by atoms with Crippen LogP contribution in [-0.4, -0.2) is 32.6 Å². The van der Waals surface area contributed by atoms with Gasteiger partial charge in [-0.25, -0.2) is 9.67 Å². The number of hydrogen-bond donors (Lipinski definition) is 0. The summed E-state index contributed by atoms with van der Waals surface area (Å²) in [5, 5.41) is 4.81. The lowest BCUT2D eigenvalue weighted by Gasteiger charge is -2.17. The number of aromatic nitrogens is 3. The molecule has 0 radical (unpaired) electrons. The molecule has 0 N–H and O–H groups in total. The van der Waals surface area contributed by atoms with Crippen LogP contribution >= 0.6 is 0 Å². The van der Waals surface area contributed by atoms with Gasteiger partial charge in [-0.05, 0) is 31.2 Å². The maximum absolute atomic E-state index is 12.9. The summed E-state index contributed by atoms with van der Waals surface area (Å²) in [4.78, 5) is 18.9. The van der Waals surface area contributed by atoms with Crippen LogP contribution in [0.2, 0.25) is 0 Å². The molecular weight excluding hydrogens is 360 g/mol. The first-order valence-electron chi connectivity index (χ1n) is 9.50. The Kier molecular flexibility index (Phi) is 5.20. The number of rotatable bonds is 5. The molecule has 0 bridgehead atoms. The van der Waals surface area contributed by atoms with Gasteiger partial charge in [-0.1, -0.05) is 54.6 Å². The fourth-order valence-corrected chi connectivity index (χ4v) is 3.26. The molecule has 0 unspecified atom stereocenters. The van der Waals surface area contributed by atoms with E-state index in [1.165, 1.54) is 0 Å². The van der Waals surface area contributed by atoms with Crippen LogP contribution in [0.3, 0.4) is 0 Å². The van der Waals surface area contributed by atoms with E-state index in [0.717, 1.165) is 28.2 Å². The number of carbonyl (C=O) groups excluding carboxylic acids is 1. The monoisotopic (exact) mass is 382 g/mol. The standard InChI is InChI=1S/C24H22N4O/c1-18-10-9-15-22(25-18)24(29)27(2)16-20-17-28(21-13-7-4-8-14-21)26-23(20)19-11-5-3-6-12-19/h3-15,17H,16H2,1-2H3. The zero-order chi connectivity index (χ0) is 20.2. The normalized spacial score (nSPS) is 10.7. The summed E-state index contributed by atoms with van der Waals surface area (Å²) in [5.41, 5.74) is 5.11. The molecule has 4 aromatic rings. The van der Waals surface area contributed by atoms with Crippen molar-refractivity contribution in [2.75, 3.05) is 7.05 Å². The second-order valence-corrected chi connectivity index (χ2v) is 6.97. The van der Waals surface area contributed by atoms with Gasteiger partial charge < -0.3 is 4.90 Å². The molecule has 0 saturated carbocycles. The lowest BCUT2D eigenvalue weighted by molar-refractivity contribution is 0.0779. The molecule has 0 fully saturated rings. The van der Waals surface area contributed by atoms with E-state index in [1.807, 2.05) is 90.6 Å². The smallest absolute Gasteiger partial charge is 0.272 e. The van der Waals surface area contributed by atoms with Gasteiger partial charge in [0, 0.05) is 36.6 Å². The summed E-state index contributed by atoms with van der Waals surface area (Å²) in [6.45, 7) is 2.32. The van der Waals surface area contributed by atoms with Crippen molar-refractivity contribution in [3.8, 4) is 16.9 Å². The van der Waals surface area contributed by atoms with Crippen LogP contribution < -0.4 is 0 Å². The van der Waals surface area contributed by atoms with Crippen molar-refractivity contribution < 1.29 is 4.79 Å². The van der Waals surface area contributed by atoms with Gasteiger partial charge in [0.1, 0.15) is 5.69 Å². The third-order valence-electron chi connectivity index (χ3n) is 4.72. The molecule has 1 amide bonds. The second kappa shape index (κ2) is 8.10. The molecule has 29 heavy (non-hydrogen) atoms. The van der Waals surface area contributed by atoms with E-state index >= 15 is 0 Å². The molecule has 0 atom stereocenters. The lowest BCUT2D eigenvalue weighted by atomic mass is 10.1. The molecule has 5 heteroatoms. The fourth-order valence-electron chi connectivity index (χ4n) is 3.26. The second-order valence-electron chi connectivity index (χ2n) is 6.97. The highest BCUT2D eigenvalue weighted by Gasteiger charge is 2.18. The van der Waals surface area contributed by atoms with Gasteiger partial charge in [0.15, 0.2) is 0 Å². The van der Waals surface area contributed by atoms with Gasteiger partial charge in [-0.15, -0.1) is 0 Å². The molecule has 2 aromatic carbocycles. The van der Waals surface area contributed by atoms with E-state index in [-0.39, 0.29) is 5.91 Å². The number of amides is 1. The van der Waals surface area contributed by atoms with Gasteiger partial charge in [-0.3, -0.25) is 4.79 Å². The van der Waals surface area contributed by atoms with E-state index < -0.39 is 0 Å². The maximum atomic E-state index is 12.9. The van der Waals surface area contributed by atoms with Crippen LogP contribution in [0, 0.1) is 6.92 Å². The van der Waals surface area contributed by atoms with Crippen LogP contribution in [-0.2, 0) is 6.54 Å². The highest BCUT2D eigenvalue weighted by atomic mass is 16.2. The van der Waals surface area contributed by atoms with Gasteiger partial charge in [-0.2, -0.15) is 5.10 Å². The topological polar surface area (TPSA) is 51.0 Å². The van der Waals surface area contributed by atoms with Crippen LogP contribution in [0.4, 0.5) is 0 Å². The Bertz CT molecular complexity index is 1120. The molecule has 0 aliphatic carbocycles. The number of carbonyl (C=O) groups is 1. The molecule has 0 aliphatic heterocycles. The number of aryl methyl sites for hydroxylation is 1. The predicted molar refractivity (Wildman–Crippen MR) is 114 cm³/mol. The molecule has 2 aromatic heterocycles. The predicted octanol–water partition coefficient (Wildman–Crippen LogP) is 4.51. The van der Waals surface area contributed by atoms with Crippen molar-refractivity contribution in [3.05, 3.63) is 102 Å². The van der Waals surface area contributed by atoms with Crippen molar-refractivity contribution in [3.63, 3.8) is 0 Å². The molecule has 0 spiro atoms. The maximum Gasteiger partial charge on any atom is 0.272 e. The molecular formula is C24H22N4O. The largest absolute Gasteiger partial charge is 0.336 e. The molecule has 144 valence electrons. The van der Waals surface area contributed by atoms with Crippen LogP contribution in [0.25, 0.3) is 16.9 Å². The number of pyridine rings is 1. The van der Waals surface area contributed by atoms with Gasteiger partial charge in [0.25, 0.3) is 5.91 Å². The van der Waals surface area contributed by atoms with E-state index in [9.17, 15) is 4.79 Å². The van der Waals surface area contributed by atoms with E-state index in [0.29, 0.717) is 12.2 Å². The van der Waals surface area contributed by atoms with Gasteiger partial charge in [0.2, 0.25) is 0 Å². The van der Waals surface area contributed by atoms with Crippen molar-refractivity contribution in [1.29, 1.82) is 0 Å². The summed E-state index contributed by atoms with van der Waals surface area (Å²) in [6.07, 6.45) is 1.99. The molecule has 0 aliphatic rings. The Balaban J connectivity index is 1.68. The summed E-state index contributed by atoms with van der Waals surface area (Å²) in [6, 6.07) is 25.5. The Morgan fingerprint density at radius 1 is 0.931 bits per heavy atom. The van der Waals surface area contributed by atoms with E-state index in [4.69, 9.17) is 5.10 Å². The zero-order valence-corrected chi connectivity index (χ0v) is 16.5. The van der Waals surface area contributed by atoms with E-state index in [2.05, 4.69) is 4.98 Å². The fraction of sp³-hybridized carbons (Fsp3) is 0.125. The van der Waals surface area contributed by atoms with Gasteiger partial charge in [0.05, 0.1) is 11.4 Å². The third kappa shape index (κ3) is 4.09. The Morgan fingerprint density at radius 2 is 1.62 bits per heavy atom. The van der Waals surface area contributed by atoms with E-state index in [1.54, 1.807) is 18.0 Å². The van der Waals surface area contributed by atoms with Crippen molar-refractivity contribution in [1.82, 2.24) is 19.7 Å². The van der Waals surface area contributed by atoms with Crippen LogP contribution in [0.1, 0.15) is 21.7 Å². The van der Waals surface area contributed by atoms with Crippen molar-refractivity contribution in [2.24, 2.45) is 0 Å². The Hall–Kier alpha value is -3.73. The van der Waals surface area contributed by atoms with Crippen molar-refractivity contribution >= 4 is 5.91 Å². The summed E-state index contributed by atoms with van der Waals surface area (Å²) in [7, 11) is 1.79. The first-order chi connectivity index (χ1) is 14.1. The summed E-state index contributed by atoms with van der Waals surface area (Å²) < 4.78 is 1.86. The average Bonchev–Trinajstić information content (AvgIpc) is 3.18. The molecule has 0 saturated heterocycles. The minimum absolute atomic E-state index is 0.111. The number of benzene rings is 2. The highest BCUT2D eigenvalue weighted by Crippen LogP contribution is 2.25. The average molecular weight is 382 g/mol. The Morgan fingerprint density at radius 3 is 2.31 bits per heavy atom. The summed E-state index contributed by atoms with van der Waals surface area (Å²) >= 11 is 0. The molecule has 5 nitrogen and oxygen atoms in total. The van der Waals surface area contributed by atoms with Crippen LogP contribution in [0.15, 0.2) is 85.1 Å². The quantitative estimate of drug-likeness (QED) is 0.510. The Labute approximate surface area is 170 Å². The summed E-state index contributed by atoms with van der Waals surface area (Å²) in [5.74, 6) is -0.111. The minimum Gasteiger partial charge on any atom is -0.336 e. The number of para-hydroxylation sites is 1. The molecule has 4 rings (SSSR count). The first-order valence-corrected chi connectivity index (χ1v) is 9.50. The zero-order valence-electron chi connectivity index (χ0n) is 16.5. The lowest BCUT2D eigenvalue weighted by Crippen LogP contribution is -2.27.